The standard InChI is InChI=1S/C19H15Cl2N3O2S/c1-11-17(27-18(22-11)13-6-8-14(20)9-7-13)12(2)24-26-19(25)23-16-5-3-4-15(21)10-16/h3-10H,1-2H3,(H,23,25). The van der Waals surface area contributed by atoms with E-state index in [2.05, 4.69) is 15.5 Å². The van der Waals surface area contributed by atoms with Crippen LogP contribution in [0, 0.1) is 6.92 Å². The van der Waals surface area contributed by atoms with E-state index in [0.717, 1.165) is 21.1 Å². The molecule has 138 valence electrons. The van der Waals surface area contributed by atoms with Crippen LogP contribution in [0.25, 0.3) is 10.6 Å². The number of anilines is 1. The Balaban J connectivity index is 1.70. The van der Waals surface area contributed by atoms with Crippen molar-refractivity contribution >= 4 is 52.0 Å². The van der Waals surface area contributed by atoms with Crippen molar-refractivity contribution in [3.63, 3.8) is 0 Å². The predicted molar refractivity (Wildman–Crippen MR) is 111 cm³/mol. The summed E-state index contributed by atoms with van der Waals surface area (Å²) in [7, 11) is 0. The molecule has 5 nitrogen and oxygen atoms in total. The van der Waals surface area contributed by atoms with Crippen LogP contribution in [0.5, 0.6) is 0 Å². The maximum atomic E-state index is 11.9. The highest BCUT2D eigenvalue weighted by atomic mass is 35.5. The highest BCUT2D eigenvalue weighted by molar-refractivity contribution is 7.17. The van der Waals surface area contributed by atoms with Gasteiger partial charge < -0.3 is 0 Å². The molecule has 0 radical (unpaired) electrons. The monoisotopic (exact) mass is 419 g/mol. The second kappa shape index (κ2) is 8.52. The normalized spacial score (nSPS) is 11.3. The number of oxime groups is 1. The Kier molecular flexibility index (Phi) is 6.11. The first-order valence-electron chi connectivity index (χ1n) is 7.94. The van der Waals surface area contributed by atoms with E-state index in [4.69, 9.17) is 28.0 Å². The van der Waals surface area contributed by atoms with Crippen LogP contribution in [-0.2, 0) is 4.84 Å². The summed E-state index contributed by atoms with van der Waals surface area (Å²) in [5, 5.41) is 8.51. The lowest BCUT2D eigenvalue weighted by Crippen LogP contribution is -2.11. The molecule has 0 aliphatic carbocycles. The molecule has 3 aromatic rings. The lowest BCUT2D eigenvalue weighted by atomic mass is 10.2. The maximum Gasteiger partial charge on any atom is 0.437 e. The number of thiazole rings is 1. The summed E-state index contributed by atoms with van der Waals surface area (Å²) in [4.78, 5) is 22.2. The Morgan fingerprint density at radius 1 is 1.15 bits per heavy atom. The Morgan fingerprint density at radius 3 is 2.59 bits per heavy atom. The van der Waals surface area contributed by atoms with Crippen molar-refractivity contribution in [2.24, 2.45) is 5.16 Å². The van der Waals surface area contributed by atoms with Gasteiger partial charge in [-0.3, -0.25) is 10.2 Å². The lowest BCUT2D eigenvalue weighted by molar-refractivity contribution is 0.166. The third-order valence-corrected chi connectivity index (χ3v) is 5.36. The number of hydrogen-bond donors (Lipinski definition) is 1. The molecule has 1 heterocycles. The fourth-order valence-electron chi connectivity index (χ4n) is 2.31. The van der Waals surface area contributed by atoms with Crippen LogP contribution in [0.2, 0.25) is 10.0 Å². The fourth-order valence-corrected chi connectivity index (χ4v) is 3.63. The Bertz CT molecular complexity index is 1000. The number of amides is 1. The smallest absolute Gasteiger partial charge is 0.297 e. The zero-order valence-electron chi connectivity index (χ0n) is 14.5. The molecule has 0 bridgehead atoms. The van der Waals surface area contributed by atoms with Crippen molar-refractivity contribution in [2.45, 2.75) is 13.8 Å². The van der Waals surface area contributed by atoms with Crippen LogP contribution < -0.4 is 5.32 Å². The molecule has 1 N–H and O–H groups in total. The van der Waals surface area contributed by atoms with Gasteiger partial charge >= 0.3 is 6.09 Å². The van der Waals surface area contributed by atoms with Gasteiger partial charge in [-0.15, -0.1) is 11.3 Å². The zero-order chi connectivity index (χ0) is 19.4. The number of nitrogens with zero attached hydrogens (tertiary/aromatic N) is 2. The van der Waals surface area contributed by atoms with Crippen LogP contribution in [-0.4, -0.2) is 16.8 Å². The number of nitrogens with one attached hydrogen (secondary N) is 1. The number of halogens is 2. The summed E-state index contributed by atoms with van der Waals surface area (Å²) in [6.45, 7) is 3.65. The van der Waals surface area contributed by atoms with Gasteiger partial charge in [-0.05, 0) is 44.2 Å². The number of benzene rings is 2. The second-order valence-electron chi connectivity index (χ2n) is 5.63. The minimum atomic E-state index is -0.697. The molecule has 0 fully saturated rings. The van der Waals surface area contributed by atoms with Crippen LogP contribution in [0.1, 0.15) is 17.5 Å². The molecule has 0 saturated heterocycles. The second-order valence-corrected chi connectivity index (χ2v) is 7.50. The SMILES string of the molecule is CC(=NOC(=O)Nc1cccc(Cl)c1)c1sc(-c2ccc(Cl)cc2)nc1C. The van der Waals surface area contributed by atoms with E-state index in [-0.39, 0.29) is 0 Å². The molecule has 1 aromatic heterocycles. The summed E-state index contributed by atoms with van der Waals surface area (Å²) >= 11 is 13.3. The molecule has 3 rings (SSSR count). The first-order valence-corrected chi connectivity index (χ1v) is 9.51. The van der Waals surface area contributed by atoms with Gasteiger partial charge in [0.1, 0.15) is 5.01 Å². The highest BCUT2D eigenvalue weighted by Crippen LogP contribution is 2.29. The largest absolute Gasteiger partial charge is 0.437 e. The zero-order valence-corrected chi connectivity index (χ0v) is 16.8. The minimum Gasteiger partial charge on any atom is -0.297 e. The van der Waals surface area contributed by atoms with Crippen molar-refractivity contribution in [1.82, 2.24) is 4.98 Å². The predicted octanol–water partition coefficient (Wildman–Crippen LogP) is 6.40. The van der Waals surface area contributed by atoms with Gasteiger partial charge in [0.05, 0.1) is 16.3 Å². The van der Waals surface area contributed by atoms with Gasteiger partial charge in [-0.1, -0.05) is 46.6 Å². The van der Waals surface area contributed by atoms with Gasteiger partial charge in [-0.2, -0.15) is 0 Å². The van der Waals surface area contributed by atoms with E-state index >= 15 is 0 Å². The van der Waals surface area contributed by atoms with E-state index in [1.807, 2.05) is 31.2 Å². The highest BCUT2D eigenvalue weighted by Gasteiger charge is 2.13. The van der Waals surface area contributed by atoms with Crippen molar-refractivity contribution in [3.8, 4) is 10.6 Å². The number of aryl methyl sites for hydroxylation is 1. The van der Waals surface area contributed by atoms with Gasteiger partial charge in [0.2, 0.25) is 0 Å². The van der Waals surface area contributed by atoms with Crippen molar-refractivity contribution in [2.75, 3.05) is 5.32 Å². The summed E-state index contributed by atoms with van der Waals surface area (Å²) in [5.74, 6) is 0. The van der Waals surface area contributed by atoms with Crippen LogP contribution in [0.15, 0.2) is 53.7 Å². The number of carbonyl (C=O) groups excluding carboxylic acids is 1. The number of aromatic nitrogens is 1. The van der Waals surface area contributed by atoms with Gasteiger partial charge in [0, 0.05) is 21.3 Å². The Hall–Kier alpha value is -2.41. The quantitative estimate of drug-likeness (QED) is 0.302. The van der Waals surface area contributed by atoms with E-state index in [1.54, 1.807) is 31.2 Å². The molecule has 1 amide bonds. The van der Waals surface area contributed by atoms with E-state index in [9.17, 15) is 4.79 Å². The molecule has 0 spiro atoms. The number of rotatable bonds is 4. The number of carbonyl (C=O) groups is 1. The topological polar surface area (TPSA) is 63.6 Å². The third kappa shape index (κ3) is 5.07. The van der Waals surface area contributed by atoms with E-state index < -0.39 is 6.09 Å². The van der Waals surface area contributed by atoms with Crippen LogP contribution >= 0.6 is 34.5 Å². The molecule has 0 unspecified atom stereocenters. The molecule has 0 aliphatic heterocycles. The lowest BCUT2D eigenvalue weighted by Gasteiger charge is -2.03. The van der Waals surface area contributed by atoms with E-state index in [0.29, 0.717) is 21.4 Å². The summed E-state index contributed by atoms with van der Waals surface area (Å²) in [6, 6.07) is 14.2. The van der Waals surface area contributed by atoms with Crippen LogP contribution in [0.4, 0.5) is 10.5 Å². The van der Waals surface area contributed by atoms with Crippen molar-refractivity contribution in [3.05, 3.63) is 69.1 Å². The van der Waals surface area contributed by atoms with Gasteiger partial charge in [-0.25, -0.2) is 9.78 Å². The molecule has 8 heteroatoms. The average molecular weight is 420 g/mol. The number of hydrogen-bond acceptors (Lipinski definition) is 5. The summed E-state index contributed by atoms with van der Waals surface area (Å²) in [5.41, 5.74) is 2.86. The first-order chi connectivity index (χ1) is 12.9. The molecule has 0 atom stereocenters. The Morgan fingerprint density at radius 2 is 1.89 bits per heavy atom. The molecular weight excluding hydrogens is 405 g/mol. The molecule has 27 heavy (non-hydrogen) atoms. The molecule has 2 aromatic carbocycles. The van der Waals surface area contributed by atoms with Gasteiger partial charge in [0.15, 0.2) is 0 Å². The van der Waals surface area contributed by atoms with Crippen molar-refractivity contribution < 1.29 is 9.63 Å². The Labute approximate surface area is 170 Å². The molecule has 0 aliphatic rings. The molecular formula is C19H15Cl2N3O2S. The third-order valence-electron chi connectivity index (χ3n) is 3.55. The van der Waals surface area contributed by atoms with Crippen LogP contribution in [0.3, 0.4) is 0 Å². The van der Waals surface area contributed by atoms with E-state index in [1.165, 1.54) is 11.3 Å². The maximum absolute atomic E-state index is 11.9. The minimum absolute atomic E-state index is 0.516. The summed E-state index contributed by atoms with van der Waals surface area (Å²) < 4.78 is 0. The average Bonchev–Trinajstić information content (AvgIpc) is 3.02. The summed E-state index contributed by atoms with van der Waals surface area (Å²) in [6.07, 6.45) is -0.697. The molecule has 0 saturated carbocycles. The van der Waals surface area contributed by atoms with Gasteiger partial charge in [0.25, 0.3) is 0 Å². The van der Waals surface area contributed by atoms with Crippen molar-refractivity contribution in [1.29, 1.82) is 0 Å². The first kappa shape index (κ1) is 19.4. The fraction of sp³-hybridized carbons (Fsp3) is 0.105.